The summed E-state index contributed by atoms with van der Waals surface area (Å²) >= 11 is 0. The molecule has 3 rings (SSSR count). The maximum Gasteiger partial charge on any atom is 0.433 e. The Balaban J connectivity index is 1.57. The molecule has 1 aromatic heterocycles. The van der Waals surface area contributed by atoms with Crippen molar-refractivity contribution >= 4 is 11.6 Å². The van der Waals surface area contributed by atoms with Gasteiger partial charge in [0, 0.05) is 25.0 Å². The summed E-state index contributed by atoms with van der Waals surface area (Å²) in [4.78, 5) is 17.7. The fourth-order valence-electron chi connectivity index (χ4n) is 2.81. The Morgan fingerprint density at radius 3 is 2.37 bits per heavy atom. The number of amides is 1. The van der Waals surface area contributed by atoms with E-state index in [1.807, 2.05) is 0 Å². The van der Waals surface area contributed by atoms with Crippen LogP contribution in [0.2, 0.25) is 0 Å². The number of piperidine rings is 1. The molecule has 1 aliphatic heterocycles. The molecule has 1 saturated heterocycles. The van der Waals surface area contributed by atoms with Crippen LogP contribution in [0.3, 0.4) is 0 Å². The molecule has 144 valence electrons. The van der Waals surface area contributed by atoms with E-state index >= 15 is 0 Å². The average Bonchev–Trinajstić information content (AvgIpc) is 2.64. The highest BCUT2D eigenvalue weighted by atomic mass is 19.4. The van der Waals surface area contributed by atoms with Crippen molar-refractivity contribution in [2.45, 2.75) is 25.1 Å². The minimum Gasteiger partial charge on any atom is -0.490 e. The van der Waals surface area contributed by atoms with Crippen molar-refractivity contribution in [3.63, 3.8) is 0 Å². The number of hydrogen-bond acceptors (Lipinski definition) is 4. The van der Waals surface area contributed by atoms with E-state index in [0.717, 1.165) is 50.0 Å². The monoisotopic (exact) mass is 379 g/mol. The zero-order valence-electron chi connectivity index (χ0n) is 14.8. The molecule has 0 aliphatic carbocycles. The van der Waals surface area contributed by atoms with Crippen molar-refractivity contribution in [2.75, 3.05) is 25.5 Å². The number of halogens is 3. The van der Waals surface area contributed by atoms with Gasteiger partial charge in [-0.15, -0.1) is 0 Å². The van der Waals surface area contributed by atoms with Crippen LogP contribution < -0.4 is 10.1 Å². The molecule has 0 bridgehead atoms. The van der Waals surface area contributed by atoms with Gasteiger partial charge in [-0.1, -0.05) is 0 Å². The summed E-state index contributed by atoms with van der Waals surface area (Å²) in [5, 5.41) is 2.63. The van der Waals surface area contributed by atoms with Gasteiger partial charge >= 0.3 is 6.18 Å². The van der Waals surface area contributed by atoms with Gasteiger partial charge in [-0.2, -0.15) is 13.2 Å². The minimum absolute atomic E-state index is 0.0506. The second-order valence-electron chi connectivity index (χ2n) is 6.53. The molecule has 0 unspecified atom stereocenters. The first-order valence-electron chi connectivity index (χ1n) is 8.61. The molecule has 5 nitrogen and oxygen atoms in total. The lowest BCUT2D eigenvalue weighted by Gasteiger charge is -2.29. The van der Waals surface area contributed by atoms with Crippen LogP contribution in [0.4, 0.5) is 18.9 Å². The Bertz CT molecular complexity index is 768. The topological polar surface area (TPSA) is 54.5 Å². The molecule has 1 amide bonds. The number of rotatable bonds is 4. The van der Waals surface area contributed by atoms with Gasteiger partial charge in [-0.05, 0) is 56.3 Å². The van der Waals surface area contributed by atoms with Gasteiger partial charge in [-0.3, -0.25) is 9.78 Å². The Labute approximate surface area is 155 Å². The number of nitrogens with zero attached hydrogens (tertiary/aromatic N) is 2. The van der Waals surface area contributed by atoms with Gasteiger partial charge in [0.25, 0.3) is 5.91 Å². The molecule has 0 atom stereocenters. The Hall–Kier alpha value is -2.61. The maximum absolute atomic E-state index is 12.5. The van der Waals surface area contributed by atoms with Crippen LogP contribution in [0.25, 0.3) is 0 Å². The quantitative estimate of drug-likeness (QED) is 0.877. The lowest BCUT2D eigenvalue weighted by atomic mass is 10.1. The zero-order valence-corrected chi connectivity index (χ0v) is 14.8. The summed E-state index contributed by atoms with van der Waals surface area (Å²) in [5.74, 6) is 0.193. The molecule has 0 radical (unpaired) electrons. The lowest BCUT2D eigenvalue weighted by molar-refractivity contribution is -0.141. The number of anilines is 1. The molecule has 1 aromatic carbocycles. The summed E-state index contributed by atoms with van der Waals surface area (Å²) in [7, 11) is 2.08. The van der Waals surface area contributed by atoms with Gasteiger partial charge < -0.3 is 15.0 Å². The fraction of sp³-hybridized carbons (Fsp3) is 0.368. The molecular formula is C19H20F3N3O2. The number of hydrogen-bond donors (Lipinski definition) is 1. The number of carbonyl (C=O) groups excluding carboxylic acids is 1. The molecule has 0 spiro atoms. The molecule has 1 aliphatic rings. The van der Waals surface area contributed by atoms with Crippen molar-refractivity contribution in [1.29, 1.82) is 0 Å². The van der Waals surface area contributed by atoms with Gasteiger partial charge in [0.15, 0.2) is 0 Å². The molecule has 2 heterocycles. The number of likely N-dealkylation sites (tertiary alicyclic amines) is 1. The average molecular weight is 379 g/mol. The first-order chi connectivity index (χ1) is 12.8. The first kappa shape index (κ1) is 19.2. The van der Waals surface area contributed by atoms with Crippen molar-refractivity contribution in [3.05, 3.63) is 53.9 Å². The normalized spacial score (nSPS) is 16.1. The Morgan fingerprint density at radius 2 is 1.81 bits per heavy atom. The van der Waals surface area contributed by atoms with Crippen molar-refractivity contribution < 1.29 is 22.7 Å². The number of alkyl halides is 3. The summed E-state index contributed by atoms with van der Waals surface area (Å²) in [5.41, 5.74) is -0.459. The van der Waals surface area contributed by atoms with Crippen LogP contribution in [0, 0.1) is 0 Å². The Morgan fingerprint density at radius 1 is 1.15 bits per heavy atom. The van der Waals surface area contributed by atoms with E-state index in [1.54, 1.807) is 24.3 Å². The number of pyridine rings is 1. The molecule has 8 heteroatoms. The summed E-state index contributed by atoms with van der Waals surface area (Å²) in [6.45, 7) is 2.00. The molecule has 27 heavy (non-hydrogen) atoms. The second-order valence-corrected chi connectivity index (χ2v) is 6.53. The number of carbonyl (C=O) groups is 1. The predicted molar refractivity (Wildman–Crippen MR) is 94.8 cm³/mol. The van der Waals surface area contributed by atoms with Crippen LogP contribution in [0.1, 0.15) is 28.9 Å². The van der Waals surface area contributed by atoms with Crippen LogP contribution in [-0.4, -0.2) is 42.0 Å². The molecule has 1 N–H and O–H groups in total. The third kappa shape index (κ3) is 5.19. The standard InChI is InChI=1S/C19H20F3N3O2/c1-25-10-8-16(9-11-25)27-15-5-3-14(4-6-15)24-18(26)13-2-7-17(23-12-13)19(20,21)22/h2-7,12,16H,8-11H2,1H3,(H,24,26). The van der Waals surface area contributed by atoms with Crippen molar-refractivity contribution in [2.24, 2.45) is 0 Å². The van der Waals surface area contributed by atoms with E-state index in [-0.39, 0.29) is 11.7 Å². The predicted octanol–water partition coefficient (Wildman–Crippen LogP) is 3.83. The van der Waals surface area contributed by atoms with Crippen molar-refractivity contribution in [3.8, 4) is 5.75 Å². The lowest BCUT2D eigenvalue weighted by Crippen LogP contribution is -2.35. The van der Waals surface area contributed by atoms with Crippen LogP contribution in [-0.2, 0) is 6.18 Å². The number of aromatic nitrogens is 1. The zero-order chi connectivity index (χ0) is 19.4. The van der Waals surface area contributed by atoms with E-state index in [0.29, 0.717) is 5.69 Å². The van der Waals surface area contributed by atoms with E-state index in [9.17, 15) is 18.0 Å². The van der Waals surface area contributed by atoms with E-state index < -0.39 is 17.8 Å². The first-order valence-corrected chi connectivity index (χ1v) is 8.61. The molecule has 1 fully saturated rings. The molecule has 2 aromatic rings. The van der Waals surface area contributed by atoms with Gasteiger partial charge in [0.1, 0.15) is 17.5 Å². The maximum atomic E-state index is 12.5. The van der Waals surface area contributed by atoms with Gasteiger partial charge in [0.2, 0.25) is 0 Å². The van der Waals surface area contributed by atoms with E-state index in [4.69, 9.17) is 4.74 Å². The second kappa shape index (κ2) is 7.96. The number of nitrogens with one attached hydrogen (secondary N) is 1. The summed E-state index contributed by atoms with van der Waals surface area (Å²) < 4.78 is 43.5. The Kier molecular flexibility index (Phi) is 5.65. The number of benzene rings is 1. The highest BCUT2D eigenvalue weighted by molar-refractivity contribution is 6.04. The highest BCUT2D eigenvalue weighted by Gasteiger charge is 2.32. The van der Waals surface area contributed by atoms with Crippen LogP contribution >= 0.6 is 0 Å². The largest absolute Gasteiger partial charge is 0.490 e. The fourth-order valence-corrected chi connectivity index (χ4v) is 2.81. The van der Waals surface area contributed by atoms with Crippen LogP contribution in [0.15, 0.2) is 42.6 Å². The molecular weight excluding hydrogens is 359 g/mol. The highest BCUT2D eigenvalue weighted by Crippen LogP contribution is 2.27. The van der Waals surface area contributed by atoms with E-state index in [1.165, 1.54) is 0 Å². The third-order valence-corrected chi connectivity index (χ3v) is 4.40. The van der Waals surface area contributed by atoms with Gasteiger partial charge in [-0.25, -0.2) is 0 Å². The van der Waals surface area contributed by atoms with E-state index in [2.05, 4.69) is 22.2 Å². The SMILES string of the molecule is CN1CCC(Oc2ccc(NC(=O)c3ccc(C(F)(F)F)nc3)cc2)CC1. The molecule has 0 saturated carbocycles. The van der Waals surface area contributed by atoms with Crippen molar-refractivity contribution in [1.82, 2.24) is 9.88 Å². The van der Waals surface area contributed by atoms with Gasteiger partial charge in [0.05, 0.1) is 5.56 Å². The summed E-state index contributed by atoms with van der Waals surface area (Å²) in [6, 6.07) is 8.80. The third-order valence-electron chi connectivity index (χ3n) is 4.40. The van der Waals surface area contributed by atoms with Crippen LogP contribution in [0.5, 0.6) is 5.75 Å². The summed E-state index contributed by atoms with van der Waals surface area (Å²) in [6.07, 6.45) is -1.50. The number of ether oxygens (including phenoxy) is 1. The smallest absolute Gasteiger partial charge is 0.433 e. The minimum atomic E-state index is -4.53.